The Balaban J connectivity index is 1.54. The quantitative estimate of drug-likeness (QED) is 0.418. The van der Waals surface area contributed by atoms with Crippen LogP contribution in [0.2, 0.25) is 0 Å². The zero-order valence-corrected chi connectivity index (χ0v) is 19.0. The summed E-state index contributed by atoms with van der Waals surface area (Å²) in [5.41, 5.74) is 4.22. The van der Waals surface area contributed by atoms with Crippen molar-refractivity contribution in [2.45, 2.75) is 19.5 Å². The van der Waals surface area contributed by atoms with Crippen LogP contribution < -0.4 is 11.0 Å². The molecular weight excluding hydrogens is 438 g/mol. The number of carbonyl (C=O) groups is 1. The largest absolute Gasteiger partial charge is 0.334 e. The van der Waals surface area contributed by atoms with Crippen LogP contribution in [0.3, 0.4) is 0 Å². The predicted octanol–water partition coefficient (Wildman–Crippen LogP) is 3.38. The average Bonchev–Trinajstić information content (AvgIpc) is 2.90. The van der Waals surface area contributed by atoms with E-state index in [4.69, 9.17) is 10.4 Å². The van der Waals surface area contributed by atoms with E-state index in [0.717, 1.165) is 17.5 Å². The first-order chi connectivity index (χ1) is 17.1. The maximum Gasteiger partial charge on any atom is 0.267 e. The lowest BCUT2D eigenvalue weighted by molar-refractivity contribution is 0.0732. The summed E-state index contributed by atoms with van der Waals surface area (Å²) in [6.45, 7) is 1.39. The fourth-order valence-electron chi connectivity index (χ4n) is 4.81. The molecule has 0 saturated carbocycles. The third-order valence-corrected chi connectivity index (χ3v) is 6.65. The highest BCUT2D eigenvalue weighted by molar-refractivity contribution is 5.97. The van der Waals surface area contributed by atoms with Crippen LogP contribution >= 0.6 is 0 Å². The third-order valence-electron chi connectivity index (χ3n) is 6.65. The summed E-state index contributed by atoms with van der Waals surface area (Å²) >= 11 is 0. The van der Waals surface area contributed by atoms with E-state index in [0.29, 0.717) is 36.3 Å². The van der Waals surface area contributed by atoms with E-state index in [2.05, 4.69) is 6.07 Å². The molecule has 1 aliphatic heterocycles. The van der Waals surface area contributed by atoms with Crippen LogP contribution in [0.25, 0.3) is 16.7 Å². The molecule has 1 N–H and O–H groups in total. The number of hydrogen-bond acceptors (Lipinski definition) is 4. The van der Waals surface area contributed by atoms with Crippen molar-refractivity contribution in [2.24, 2.45) is 0 Å². The Morgan fingerprint density at radius 3 is 2.51 bits per heavy atom. The van der Waals surface area contributed by atoms with Crippen molar-refractivity contribution in [3.05, 3.63) is 123 Å². The summed E-state index contributed by atoms with van der Waals surface area (Å²) in [5.74, 6) is -0.245. The van der Waals surface area contributed by atoms with E-state index in [1.165, 1.54) is 9.96 Å². The monoisotopic (exact) mass is 461 g/mol. The molecule has 6 rings (SSSR count). The zero-order valence-electron chi connectivity index (χ0n) is 19.0. The molecule has 7 heteroatoms. The minimum absolute atomic E-state index is 0.0531. The smallest absolute Gasteiger partial charge is 0.267 e. The van der Waals surface area contributed by atoms with Crippen LogP contribution in [0.1, 0.15) is 27.0 Å². The number of aromatic nitrogens is 3. The Morgan fingerprint density at radius 2 is 1.69 bits per heavy atom. The molecule has 0 aliphatic carbocycles. The van der Waals surface area contributed by atoms with Crippen molar-refractivity contribution in [2.75, 3.05) is 6.54 Å². The number of nitrogens with zero attached hydrogens (tertiary/aromatic N) is 4. The Hall–Kier alpha value is -4.52. The number of carbonyl (C=O) groups excluding carboxylic acids is 1. The fourth-order valence-corrected chi connectivity index (χ4v) is 4.81. The molecular formula is C28H23N5O2. The van der Waals surface area contributed by atoms with Gasteiger partial charge in [-0.15, -0.1) is 0 Å². The van der Waals surface area contributed by atoms with Crippen LogP contribution in [0.5, 0.6) is 0 Å². The van der Waals surface area contributed by atoms with Crippen LogP contribution in [0.15, 0.2) is 89.9 Å². The predicted molar refractivity (Wildman–Crippen MR) is 133 cm³/mol. The lowest BCUT2D eigenvalue weighted by Crippen LogP contribution is -2.40. The van der Waals surface area contributed by atoms with Gasteiger partial charge in [-0.1, -0.05) is 60.7 Å². The van der Waals surface area contributed by atoms with Gasteiger partial charge in [0.05, 0.1) is 17.5 Å². The first-order valence-corrected chi connectivity index (χ1v) is 11.6. The third kappa shape index (κ3) is 3.61. The molecule has 0 bridgehead atoms. The van der Waals surface area contributed by atoms with Gasteiger partial charge < -0.3 is 9.47 Å². The van der Waals surface area contributed by atoms with Crippen molar-refractivity contribution in [3.8, 4) is 0 Å². The Kier molecular flexibility index (Phi) is 5.03. The van der Waals surface area contributed by atoms with E-state index < -0.39 is 0 Å². The van der Waals surface area contributed by atoms with Gasteiger partial charge in [-0.25, -0.2) is 4.98 Å². The summed E-state index contributed by atoms with van der Waals surface area (Å²) in [7, 11) is 0. The minimum atomic E-state index is -0.259. The molecule has 7 nitrogen and oxygen atoms in total. The molecule has 1 amide bonds. The first kappa shape index (κ1) is 21.0. The molecule has 0 saturated heterocycles. The number of rotatable bonds is 3. The Labute approximate surface area is 201 Å². The summed E-state index contributed by atoms with van der Waals surface area (Å²) in [5, 5.41) is 9.34. The second-order valence-electron chi connectivity index (χ2n) is 8.81. The normalized spacial score (nSPS) is 13.2. The molecule has 5 aromatic rings. The van der Waals surface area contributed by atoms with E-state index in [-0.39, 0.29) is 22.5 Å². The average molecular weight is 462 g/mol. The summed E-state index contributed by atoms with van der Waals surface area (Å²) < 4.78 is 3.15. The van der Waals surface area contributed by atoms with Crippen molar-refractivity contribution in [1.82, 2.24) is 18.9 Å². The maximum absolute atomic E-state index is 13.7. The van der Waals surface area contributed by atoms with Crippen molar-refractivity contribution < 1.29 is 4.79 Å². The van der Waals surface area contributed by atoms with Crippen LogP contribution in [-0.2, 0) is 19.5 Å². The number of nitrogens with one attached hydrogen (secondary N) is 1. The highest BCUT2D eigenvalue weighted by atomic mass is 16.2. The van der Waals surface area contributed by atoms with Crippen LogP contribution in [0.4, 0.5) is 0 Å². The topological polar surface area (TPSA) is 83.5 Å². The Bertz CT molecular complexity index is 1720. The van der Waals surface area contributed by atoms with E-state index >= 15 is 0 Å². The minimum Gasteiger partial charge on any atom is -0.334 e. The number of pyridine rings is 2. The van der Waals surface area contributed by atoms with Crippen molar-refractivity contribution >= 4 is 22.6 Å². The number of fused-ring (bicyclic) bond motifs is 3. The van der Waals surface area contributed by atoms with Crippen LogP contribution in [0, 0.1) is 5.41 Å². The zero-order chi connectivity index (χ0) is 23.9. The van der Waals surface area contributed by atoms with Gasteiger partial charge in [-0.05, 0) is 41.3 Å². The number of benzene rings is 2. The van der Waals surface area contributed by atoms with Crippen molar-refractivity contribution in [1.29, 1.82) is 5.41 Å². The highest BCUT2D eigenvalue weighted by Gasteiger charge is 2.25. The number of amides is 1. The highest BCUT2D eigenvalue weighted by Crippen LogP contribution is 2.21. The lowest BCUT2D eigenvalue weighted by Gasteiger charge is -2.29. The molecule has 0 spiro atoms. The standard InChI is InChI=1S/C28H23N5O2/c29-25-22(27(34)31-15-13-20-10-4-5-11-21(20)18-31)16-23-26(33(25)17-19-8-2-1-3-9-19)30-24-12-6-7-14-32(24)28(23)35/h1-12,14,16,29H,13,15,17-18H2. The molecule has 4 heterocycles. The van der Waals surface area contributed by atoms with E-state index in [1.807, 2.05) is 54.6 Å². The van der Waals surface area contributed by atoms with Gasteiger partial charge in [-0.3, -0.25) is 19.4 Å². The number of hydrogen-bond donors (Lipinski definition) is 1. The molecule has 172 valence electrons. The maximum atomic E-state index is 13.7. The van der Waals surface area contributed by atoms with Crippen molar-refractivity contribution in [3.63, 3.8) is 0 Å². The SMILES string of the molecule is N=c1c(C(=O)N2CCc3ccccc3C2)cc2c(=O)n3ccccc3nc2n1Cc1ccccc1. The molecule has 35 heavy (non-hydrogen) atoms. The van der Waals surface area contributed by atoms with Gasteiger partial charge in [0, 0.05) is 19.3 Å². The summed E-state index contributed by atoms with van der Waals surface area (Å²) in [6.07, 6.45) is 2.44. The summed E-state index contributed by atoms with van der Waals surface area (Å²) in [6, 6.07) is 24.7. The molecule has 0 radical (unpaired) electrons. The first-order valence-electron chi connectivity index (χ1n) is 11.6. The van der Waals surface area contributed by atoms with E-state index in [9.17, 15) is 9.59 Å². The molecule has 0 fully saturated rings. The molecule has 0 atom stereocenters. The molecule has 1 aliphatic rings. The second kappa shape index (κ2) is 8.36. The van der Waals surface area contributed by atoms with Crippen LogP contribution in [-0.4, -0.2) is 31.3 Å². The van der Waals surface area contributed by atoms with Gasteiger partial charge >= 0.3 is 0 Å². The van der Waals surface area contributed by atoms with E-state index in [1.54, 1.807) is 33.9 Å². The van der Waals surface area contributed by atoms with Gasteiger partial charge in [0.1, 0.15) is 16.8 Å². The van der Waals surface area contributed by atoms with Gasteiger partial charge in [0.25, 0.3) is 11.5 Å². The second-order valence-corrected chi connectivity index (χ2v) is 8.81. The molecule has 3 aromatic heterocycles. The lowest BCUT2D eigenvalue weighted by atomic mass is 9.99. The summed E-state index contributed by atoms with van der Waals surface area (Å²) in [4.78, 5) is 33.6. The van der Waals surface area contributed by atoms with Gasteiger partial charge in [0.2, 0.25) is 0 Å². The molecule has 2 aromatic carbocycles. The fraction of sp³-hybridized carbons (Fsp3) is 0.143. The Morgan fingerprint density at radius 1 is 0.943 bits per heavy atom. The van der Waals surface area contributed by atoms with Gasteiger partial charge in [0.15, 0.2) is 0 Å². The van der Waals surface area contributed by atoms with Gasteiger partial charge in [-0.2, -0.15) is 0 Å². The molecule has 0 unspecified atom stereocenters.